The molecule has 1 aromatic rings. The Morgan fingerprint density at radius 3 is 2.55 bits per heavy atom. The van der Waals surface area contributed by atoms with Crippen molar-refractivity contribution in [1.82, 2.24) is 4.90 Å². The molecule has 0 bridgehead atoms. The standard InChI is InChI=1S/C13H15F4NO2/c14-10-3-1-2-9(13(10)17)11(20)4-5-18(6-7-19)8-12(15)16/h1-3,12,19H,4-8H2. The summed E-state index contributed by atoms with van der Waals surface area (Å²) in [6, 6.07) is 3.24. The summed E-state index contributed by atoms with van der Waals surface area (Å²) in [6.45, 7) is -0.975. The molecule has 7 heteroatoms. The molecule has 0 radical (unpaired) electrons. The number of nitrogens with zero attached hydrogens (tertiary/aromatic N) is 1. The van der Waals surface area contributed by atoms with Crippen LogP contribution in [0.5, 0.6) is 0 Å². The molecular formula is C13H15F4NO2. The summed E-state index contributed by atoms with van der Waals surface area (Å²) in [5, 5.41) is 8.73. The fourth-order valence-electron chi connectivity index (χ4n) is 1.74. The van der Waals surface area contributed by atoms with Crippen molar-refractivity contribution in [3.05, 3.63) is 35.4 Å². The molecule has 112 valence electrons. The fourth-order valence-corrected chi connectivity index (χ4v) is 1.74. The lowest BCUT2D eigenvalue weighted by Gasteiger charge is -2.20. The van der Waals surface area contributed by atoms with Crippen LogP contribution in [0.3, 0.4) is 0 Å². The van der Waals surface area contributed by atoms with Crippen molar-refractivity contribution < 1.29 is 27.5 Å². The van der Waals surface area contributed by atoms with E-state index >= 15 is 0 Å². The van der Waals surface area contributed by atoms with Crippen molar-refractivity contribution >= 4 is 5.78 Å². The van der Waals surface area contributed by atoms with Crippen molar-refractivity contribution in [1.29, 1.82) is 0 Å². The Morgan fingerprint density at radius 1 is 1.25 bits per heavy atom. The summed E-state index contributed by atoms with van der Waals surface area (Å²) in [4.78, 5) is 12.9. The van der Waals surface area contributed by atoms with E-state index in [1.807, 2.05) is 0 Å². The van der Waals surface area contributed by atoms with Crippen LogP contribution in [0, 0.1) is 11.6 Å². The molecule has 0 saturated heterocycles. The number of alkyl halides is 2. The van der Waals surface area contributed by atoms with Crippen molar-refractivity contribution in [3.8, 4) is 0 Å². The van der Waals surface area contributed by atoms with E-state index in [0.29, 0.717) is 0 Å². The van der Waals surface area contributed by atoms with E-state index in [1.54, 1.807) is 0 Å². The third-order valence-corrected chi connectivity index (χ3v) is 2.72. The number of Topliss-reactive ketones (excluding diaryl/α,β-unsaturated/α-hetero) is 1. The fraction of sp³-hybridized carbons (Fsp3) is 0.462. The van der Waals surface area contributed by atoms with Crippen molar-refractivity contribution in [2.24, 2.45) is 0 Å². The van der Waals surface area contributed by atoms with Gasteiger partial charge in [0.1, 0.15) is 0 Å². The van der Waals surface area contributed by atoms with Gasteiger partial charge in [-0.1, -0.05) is 6.07 Å². The topological polar surface area (TPSA) is 40.5 Å². The van der Waals surface area contributed by atoms with Crippen LogP contribution in [0.15, 0.2) is 18.2 Å². The maximum Gasteiger partial charge on any atom is 0.251 e. The smallest absolute Gasteiger partial charge is 0.251 e. The van der Waals surface area contributed by atoms with Crippen LogP contribution in [-0.4, -0.2) is 48.5 Å². The second kappa shape index (κ2) is 7.96. The molecule has 0 aliphatic carbocycles. The van der Waals surface area contributed by atoms with Crippen molar-refractivity contribution in [2.75, 3.05) is 26.2 Å². The van der Waals surface area contributed by atoms with E-state index in [1.165, 1.54) is 11.0 Å². The van der Waals surface area contributed by atoms with Gasteiger partial charge in [-0.15, -0.1) is 0 Å². The molecule has 0 heterocycles. The minimum Gasteiger partial charge on any atom is -0.395 e. The number of carbonyl (C=O) groups is 1. The lowest BCUT2D eigenvalue weighted by atomic mass is 10.1. The maximum atomic E-state index is 13.4. The van der Waals surface area contributed by atoms with Gasteiger partial charge in [0.25, 0.3) is 6.43 Å². The number of rotatable bonds is 8. The van der Waals surface area contributed by atoms with Gasteiger partial charge < -0.3 is 5.11 Å². The zero-order chi connectivity index (χ0) is 15.1. The Kier molecular flexibility index (Phi) is 6.60. The highest BCUT2D eigenvalue weighted by molar-refractivity contribution is 5.96. The first-order valence-electron chi connectivity index (χ1n) is 6.04. The molecule has 0 spiro atoms. The number of aliphatic hydroxyl groups excluding tert-OH is 1. The largest absolute Gasteiger partial charge is 0.395 e. The summed E-state index contributed by atoms with van der Waals surface area (Å²) in [6.07, 6.45) is -2.82. The van der Waals surface area contributed by atoms with Crippen LogP contribution in [0.25, 0.3) is 0 Å². The third-order valence-electron chi connectivity index (χ3n) is 2.72. The summed E-state index contributed by atoms with van der Waals surface area (Å²) < 4.78 is 50.8. The average Bonchev–Trinajstić information content (AvgIpc) is 2.38. The number of benzene rings is 1. The van der Waals surface area contributed by atoms with Crippen LogP contribution in [0.4, 0.5) is 17.6 Å². The van der Waals surface area contributed by atoms with Crippen molar-refractivity contribution in [3.63, 3.8) is 0 Å². The van der Waals surface area contributed by atoms with E-state index in [9.17, 15) is 22.4 Å². The molecule has 0 aliphatic rings. The predicted molar refractivity (Wildman–Crippen MR) is 64.8 cm³/mol. The van der Waals surface area contributed by atoms with Crippen molar-refractivity contribution in [2.45, 2.75) is 12.8 Å². The van der Waals surface area contributed by atoms with Gasteiger partial charge in [-0.25, -0.2) is 17.6 Å². The zero-order valence-electron chi connectivity index (χ0n) is 10.7. The van der Waals surface area contributed by atoms with Gasteiger partial charge in [-0.3, -0.25) is 9.69 Å². The number of hydrogen-bond donors (Lipinski definition) is 1. The van der Waals surface area contributed by atoms with E-state index < -0.39 is 36.0 Å². The normalized spacial score (nSPS) is 11.3. The Balaban J connectivity index is 2.63. The Bertz CT molecular complexity index is 454. The minimum absolute atomic E-state index is 0.0107. The van der Waals surface area contributed by atoms with Crippen LogP contribution in [0.2, 0.25) is 0 Å². The molecule has 1 aromatic carbocycles. The number of halogens is 4. The molecule has 0 amide bonds. The molecule has 20 heavy (non-hydrogen) atoms. The van der Waals surface area contributed by atoms with Crippen LogP contribution in [-0.2, 0) is 0 Å². The molecule has 0 aromatic heterocycles. The number of aliphatic hydroxyl groups is 1. The van der Waals surface area contributed by atoms with Gasteiger partial charge in [0, 0.05) is 19.5 Å². The quantitative estimate of drug-likeness (QED) is 0.589. The molecule has 1 N–H and O–H groups in total. The first-order valence-corrected chi connectivity index (χ1v) is 6.04. The molecule has 0 aliphatic heterocycles. The molecule has 1 rings (SSSR count). The highest BCUT2D eigenvalue weighted by Gasteiger charge is 2.17. The molecule has 0 saturated carbocycles. The molecular weight excluding hydrogens is 278 g/mol. The molecule has 0 unspecified atom stereocenters. The second-order valence-electron chi connectivity index (χ2n) is 4.19. The van der Waals surface area contributed by atoms with E-state index in [0.717, 1.165) is 12.1 Å². The summed E-state index contributed by atoms with van der Waals surface area (Å²) in [5.41, 5.74) is -0.397. The SMILES string of the molecule is O=C(CCN(CCO)CC(F)F)c1cccc(F)c1F. The summed E-state index contributed by atoms with van der Waals surface area (Å²) >= 11 is 0. The first-order chi connectivity index (χ1) is 9.45. The Morgan fingerprint density at radius 2 is 1.95 bits per heavy atom. The highest BCUT2D eigenvalue weighted by atomic mass is 19.3. The van der Waals surface area contributed by atoms with Crippen LogP contribution < -0.4 is 0 Å². The van der Waals surface area contributed by atoms with Gasteiger partial charge in [0.15, 0.2) is 17.4 Å². The van der Waals surface area contributed by atoms with Crippen LogP contribution in [0.1, 0.15) is 16.8 Å². The minimum atomic E-state index is -2.59. The molecule has 0 atom stereocenters. The lowest BCUT2D eigenvalue weighted by molar-refractivity contribution is 0.0731. The van der Waals surface area contributed by atoms with E-state index in [-0.39, 0.29) is 26.1 Å². The summed E-state index contributed by atoms with van der Waals surface area (Å²) in [7, 11) is 0. The highest BCUT2D eigenvalue weighted by Crippen LogP contribution is 2.13. The molecule has 3 nitrogen and oxygen atoms in total. The number of hydrogen-bond acceptors (Lipinski definition) is 3. The lowest BCUT2D eigenvalue weighted by Crippen LogP contribution is -2.33. The number of ketones is 1. The predicted octanol–water partition coefficient (Wildman–Crippen LogP) is 2.10. The van der Waals surface area contributed by atoms with E-state index in [2.05, 4.69) is 0 Å². The molecule has 0 fully saturated rings. The monoisotopic (exact) mass is 293 g/mol. The maximum absolute atomic E-state index is 13.4. The second-order valence-corrected chi connectivity index (χ2v) is 4.19. The van der Waals surface area contributed by atoms with Crippen LogP contribution >= 0.6 is 0 Å². The Labute approximate surface area is 113 Å². The first kappa shape index (κ1) is 16.6. The zero-order valence-corrected chi connectivity index (χ0v) is 10.7. The Hall–Kier alpha value is -1.47. The van der Waals surface area contributed by atoms with Gasteiger partial charge in [-0.05, 0) is 12.1 Å². The van der Waals surface area contributed by atoms with Gasteiger partial charge in [0.2, 0.25) is 0 Å². The third kappa shape index (κ3) is 4.90. The average molecular weight is 293 g/mol. The number of carbonyl (C=O) groups excluding carboxylic acids is 1. The van der Waals surface area contributed by atoms with Gasteiger partial charge in [-0.2, -0.15) is 0 Å². The van der Waals surface area contributed by atoms with Gasteiger partial charge >= 0.3 is 0 Å². The van der Waals surface area contributed by atoms with E-state index in [4.69, 9.17) is 5.11 Å². The summed E-state index contributed by atoms with van der Waals surface area (Å²) in [5.74, 6) is -3.03. The van der Waals surface area contributed by atoms with Gasteiger partial charge in [0.05, 0.1) is 18.7 Å².